The van der Waals surface area contributed by atoms with Crippen LogP contribution in [0.2, 0.25) is 0 Å². The van der Waals surface area contributed by atoms with E-state index >= 15 is 0 Å². The number of carbonyl (C=O) groups excluding carboxylic acids is 1. The highest BCUT2D eigenvalue weighted by atomic mass is 19.1. The molecule has 5 nitrogen and oxygen atoms in total. The minimum absolute atomic E-state index is 0.143. The first kappa shape index (κ1) is 15.9. The number of ether oxygens (including phenoxy) is 1. The van der Waals surface area contributed by atoms with E-state index in [1.807, 2.05) is 0 Å². The maximum atomic E-state index is 13.7. The van der Waals surface area contributed by atoms with Crippen LogP contribution in [0, 0.1) is 12.7 Å². The van der Waals surface area contributed by atoms with Crippen LogP contribution in [-0.4, -0.2) is 22.1 Å². The predicted molar refractivity (Wildman–Crippen MR) is 88.0 cm³/mol. The van der Waals surface area contributed by atoms with Crippen molar-refractivity contribution in [3.63, 3.8) is 0 Å². The molecule has 0 spiro atoms. The van der Waals surface area contributed by atoms with E-state index in [4.69, 9.17) is 4.74 Å². The van der Waals surface area contributed by atoms with Crippen molar-refractivity contribution in [2.75, 3.05) is 6.61 Å². The van der Waals surface area contributed by atoms with E-state index in [9.17, 15) is 14.0 Å². The van der Waals surface area contributed by atoms with E-state index in [0.717, 1.165) is 4.57 Å². The maximum absolute atomic E-state index is 13.7. The second-order valence-corrected chi connectivity index (χ2v) is 5.24. The second kappa shape index (κ2) is 6.23. The Labute approximate surface area is 137 Å². The summed E-state index contributed by atoms with van der Waals surface area (Å²) in [6, 6.07) is 10.7. The lowest BCUT2D eigenvalue weighted by Gasteiger charge is -2.14. The fourth-order valence-corrected chi connectivity index (χ4v) is 2.51. The Kier molecular flexibility index (Phi) is 4.12. The van der Waals surface area contributed by atoms with Gasteiger partial charge in [0, 0.05) is 0 Å². The molecule has 3 aromatic rings. The van der Waals surface area contributed by atoms with Gasteiger partial charge in [0.2, 0.25) is 5.82 Å². The first-order valence-electron chi connectivity index (χ1n) is 7.48. The molecule has 0 aliphatic carbocycles. The Balaban J connectivity index is 2.41. The van der Waals surface area contributed by atoms with Crippen LogP contribution in [0.25, 0.3) is 16.6 Å². The minimum atomic E-state index is -0.732. The Morgan fingerprint density at radius 1 is 1.25 bits per heavy atom. The summed E-state index contributed by atoms with van der Waals surface area (Å²) >= 11 is 0. The van der Waals surface area contributed by atoms with Crippen molar-refractivity contribution in [1.82, 2.24) is 9.55 Å². The van der Waals surface area contributed by atoms with Crippen molar-refractivity contribution in [2.24, 2.45) is 0 Å². The van der Waals surface area contributed by atoms with Gasteiger partial charge in [0.15, 0.2) is 0 Å². The third kappa shape index (κ3) is 2.67. The smallest absolute Gasteiger partial charge is 0.375 e. The SMILES string of the molecule is CCOC(=O)c1nc2ccccc2c(=O)n1-c1cc(F)ccc1C. The largest absolute Gasteiger partial charge is 0.460 e. The van der Waals surface area contributed by atoms with Crippen molar-refractivity contribution < 1.29 is 13.9 Å². The highest BCUT2D eigenvalue weighted by molar-refractivity contribution is 5.89. The zero-order valence-corrected chi connectivity index (χ0v) is 13.2. The third-order valence-electron chi connectivity index (χ3n) is 3.65. The lowest BCUT2D eigenvalue weighted by Crippen LogP contribution is -2.28. The van der Waals surface area contributed by atoms with E-state index in [1.54, 1.807) is 44.2 Å². The fraction of sp³-hybridized carbons (Fsp3) is 0.167. The molecular formula is C18H15FN2O3. The van der Waals surface area contributed by atoms with Gasteiger partial charge in [-0.2, -0.15) is 0 Å². The number of aryl methyl sites for hydroxylation is 1. The Bertz CT molecular complexity index is 995. The summed E-state index contributed by atoms with van der Waals surface area (Å²) in [6.07, 6.45) is 0. The highest BCUT2D eigenvalue weighted by Crippen LogP contribution is 2.18. The number of halogens is 1. The molecule has 0 unspecified atom stereocenters. The molecule has 1 heterocycles. The lowest BCUT2D eigenvalue weighted by atomic mass is 10.1. The van der Waals surface area contributed by atoms with Crippen molar-refractivity contribution in [2.45, 2.75) is 13.8 Å². The maximum Gasteiger partial charge on any atom is 0.375 e. The summed E-state index contributed by atoms with van der Waals surface area (Å²) < 4.78 is 19.8. The molecule has 122 valence electrons. The van der Waals surface area contributed by atoms with Crippen LogP contribution < -0.4 is 5.56 Å². The number of fused-ring (bicyclic) bond motifs is 1. The normalized spacial score (nSPS) is 10.8. The number of carbonyl (C=O) groups is 1. The molecule has 0 atom stereocenters. The molecule has 6 heteroatoms. The summed E-state index contributed by atoms with van der Waals surface area (Å²) in [6.45, 7) is 3.53. The van der Waals surface area contributed by atoms with Crippen molar-refractivity contribution in [1.29, 1.82) is 0 Å². The van der Waals surface area contributed by atoms with Crippen molar-refractivity contribution in [3.05, 3.63) is 70.0 Å². The van der Waals surface area contributed by atoms with Crippen molar-refractivity contribution in [3.8, 4) is 5.69 Å². The van der Waals surface area contributed by atoms with E-state index < -0.39 is 17.3 Å². The molecule has 0 fully saturated rings. The molecule has 3 rings (SSSR count). The number of aromatic nitrogens is 2. The lowest BCUT2D eigenvalue weighted by molar-refractivity contribution is 0.0508. The summed E-state index contributed by atoms with van der Waals surface area (Å²) in [5.41, 5.74) is 0.843. The quantitative estimate of drug-likeness (QED) is 0.694. The van der Waals surface area contributed by atoms with Gasteiger partial charge in [-0.15, -0.1) is 0 Å². The first-order chi connectivity index (χ1) is 11.5. The van der Waals surface area contributed by atoms with Gasteiger partial charge in [-0.05, 0) is 43.7 Å². The second-order valence-electron chi connectivity index (χ2n) is 5.24. The van der Waals surface area contributed by atoms with Crippen LogP contribution >= 0.6 is 0 Å². The molecule has 0 amide bonds. The number of hydrogen-bond acceptors (Lipinski definition) is 4. The van der Waals surface area contributed by atoms with Crippen LogP contribution in [0.4, 0.5) is 4.39 Å². The molecular weight excluding hydrogens is 311 g/mol. The van der Waals surface area contributed by atoms with E-state index in [1.165, 1.54) is 12.1 Å². The molecule has 24 heavy (non-hydrogen) atoms. The number of esters is 1. The van der Waals surface area contributed by atoms with E-state index in [0.29, 0.717) is 16.5 Å². The van der Waals surface area contributed by atoms with Crippen LogP contribution in [0.15, 0.2) is 47.3 Å². The third-order valence-corrected chi connectivity index (χ3v) is 3.65. The zero-order valence-electron chi connectivity index (χ0n) is 13.2. The summed E-state index contributed by atoms with van der Waals surface area (Å²) in [4.78, 5) is 29.5. The van der Waals surface area contributed by atoms with E-state index in [2.05, 4.69) is 4.98 Å². The topological polar surface area (TPSA) is 61.2 Å². The van der Waals surface area contributed by atoms with Gasteiger partial charge < -0.3 is 4.74 Å². The Hall–Kier alpha value is -3.02. The monoisotopic (exact) mass is 326 g/mol. The van der Waals surface area contributed by atoms with Gasteiger partial charge in [-0.25, -0.2) is 14.2 Å². The number of nitrogens with zero attached hydrogens (tertiary/aromatic N) is 2. The van der Waals surface area contributed by atoms with Gasteiger partial charge in [0.1, 0.15) is 5.82 Å². The summed E-state index contributed by atoms with van der Waals surface area (Å²) in [5.74, 6) is -1.41. The van der Waals surface area contributed by atoms with Crippen LogP contribution in [0.1, 0.15) is 23.1 Å². The Morgan fingerprint density at radius 3 is 2.75 bits per heavy atom. The molecule has 1 aromatic heterocycles. The average molecular weight is 326 g/mol. The van der Waals surface area contributed by atoms with Gasteiger partial charge in [-0.1, -0.05) is 18.2 Å². The molecule has 0 aliphatic rings. The van der Waals surface area contributed by atoms with Crippen LogP contribution in [0.3, 0.4) is 0 Å². The molecule has 0 bridgehead atoms. The number of para-hydroxylation sites is 1. The summed E-state index contributed by atoms with van der Waals surface area (Å²) in [5, 5.41) is 0.342. The van der Waals surface area contributed by atoms with Gasteiger partial charge >= 0.3 is 5.97 Å². The van der Waals surface area contributed by atoms with Crippen LogP contribution in [-0.2, 0) is 4.74 Å². The van der Waals surface area contributed by atoms with E-state index in [-0.39, 0.29) is 18.1 Å². The number of benzene rings is 2. The fourth-order valence-electron chi connectivity index (χ4n) is 2.51. The Morgan fingerprint density at radius 2 is 2.00 bits per heavy atom. The van der Waals surface area contributed by atoms with Crippen molar-refractivity contribution >= 4 is 16.9 Å². The molecule has 0 aliphatic heterocycles. The number of rotatable bonds is 3. The number of hydrogen-bond donors (Lipinski definition) is 0. The molecule has 0 saturated heterocycles. The molecule has 0 saturated carbocycles. The minimum Gasteiger partial charge on any atom is -0.460 e. The zero-order chi connectivity index (χ0) is 17.3. The standard InChI is InChI=1S/C18H15FN2O3/c1-3-24-18(23)16-20-14-7-5-4-6-13(14)17(22)21(16)15-10-12(19)9-8-11(15)2/h4-10H,3H2,1-2H3. The predicted octanol–water partition coefficient (Wildman–Crippen LogP) is 3.01. The summed E-state index contributed by atoms with van der Waals surface area (Å²) in [7, 11) is 0. The molecule has 2 aromatic carbocycles. The van der Waals surface area contributed by atoms with Gasteiger partial charge in [0.25, 0.3) is 5.56 Å². The first-order valence-corrected chi connectivity index (χ1v) is 7.48. The highest BCUT2D eigenvalue weighted by Gasteiger charge is 2.21. The van der Waals surface area contributed by atoms with Crippen LogP contribution in [0.5, 0.6) is 0 Å². The van der Waals surface area contributed by atoms with Gasteiger partial charge in [-0.3, -0.25) is 9.36 Å². The van der Waals surface area contributed by atoms with Gasteiger partial charge in [0.05, 0.1) is 23.2 Å². The molecule has 0 radical (unpaired) electrons. The average Bonchev–Trinajstić information content (AvgIpc) is 2.57. The molecule has 0 N–H and O–H groups in total.